The number of halogens is 1. The highest BCUT2D eigenvalue weighted by Crippen LogP contribution is 2.42. The van der Waals surface area contributed by atoms with Crippen molar-refractivity contribution in [1.82, 2.24) is 30.2 Å². The van der Waals surface area contributed by atoms with E-state index in [2.05, 4.69) is 44.5 Å². The summed E-state index contributed by atoms with van der Waals surface area (Å²) in [6, 6.07) is 8.02. The summed E-state index contributed by atoms with van der Waals surface area (Å²) in [6.45, 7) is 18.7. The third-order valence-corrected chi connectivity index (χ3v) is 10.4. The normalized spacial score (nSPS) is 22.0. The van der Waals surface area contributed by atoms with Crippen LogP contribution in [0.2, 0.25) is 5.02 Å². The summed E-state index contributed by atoms with van der Waals surface area (Å²) in [4.78, 5) is 38.9. The number of carbonyl (C=O) groups excluding carboxylic acids is 2. The molecule has 4 aliphatic rings. The number of amides is 2. The number of amidine groups is 1. The molecule has 1 atom stereocenters. The number of nitrogens with one attached hydrogen (secondary N) is 3. The Morgan fingerprint density at radius 3 is 2.35 bits per heavy atom. The van der Waals surface area contributed by atoms with E-state index in [1.165, 1.54) is 0 Å². The molecule has 0 aromatic heterocycles. The van der Waals surface area contributed by atoms with Gasteiger partial charge in [0.15, 0.2) is 0 Å². The van der Waals surface area contributed by atoms with Crippen molar-refractivity contribution in [2.45, 2.75) is 89.5 Å². The van der Waals surface area contributed by atoms with Crippen molar-refractivity contribution >= 4 is 29.4 Å². The molecule has 0 saturated carbocycles. The molecule has 0 aliphatic carbocycles. The maximum Gasteiger partial charge on any atom is 0.508 e. The Kier molecular flexibility index (Phi) is 13.2. The Balaban J connectivity index is 1.13. The fourth-order valence-corrected chi connectivity index (χ4v) is 7.37. The molecule has 268 valence electrons. The van der Waals surface area contributed by atoms with Gasteiger partial charge in [-0.05, 0) is 77.4 Å². The Bertz CT molecular complexity index is 1220. The van der Waals surface area contributed by atoms with Gasteiger partial charge >= 0.3 is 11.9 Å². The number of likely N-dealkylation sites (N-methyl/N-ethyl adjacent to an activating group) is 1. The topological polar surface area (TPSA) is 103 Å². The predicted molar refractivity (Wildman–Crippen MR) is 189 cm³/mol. The fraction of sp³-hybridized carbons (Fsp3) is 0.750. The number of carbonyl (C=O) groups is 2. The molecule has 1 aromatic carbocycles. The summed E-state index contributed by atoms with van der Waals surface area (Å²) in [6.07, 6.45) is 5.80. The van der Waals surface area contributed by atoms with Crippen LogP contribution in [0.25, 0.3) is 0 Å². The second-order valence-corrected chi connectivity index (χ2v) is 15.2. The van der Waals surface area contributed by atoms with E-state index in [0.717, 1.165) is 129 Å². The van der Waals surface area contributed by atoms with Gasteiger partial charge in [0.25, 0.3) is 0 Å². The van der Waals surface area contributed by atoms with Crippen molar-refractivity contribution in [3.05, 3.63) is 34.9 Å². The Morgan fingerprint density at radius 2 is 1.71 bits per heavy atom. The summed E-state index contributed by atoms with van der Waals surface area (Å²) in [5.41, 5.74) is 0.270. The highest BCUT2D eigenvalue weighted by molar-refractivity contribution is 6.30. The van der Waals surface area contributed by atoms with E-state index in [-0.39, 0.29) is 23.6 Å². The number of nitrogens with zero attached hydrogens (tertiary/aromatic N) is 4. The third-order valence-electron chi connectivity index (χ3n) is 10.2. The van der Waals surface area contributed by atoms with E-state index in [1.807, 2.05) is 42.7 Å². The van der Waals surface area contributed by atoms with Crippen molar-refractivity contribution in [2.75, 3.05) is 85.1 Å². The van der Waals surface area contributed by atoms with Crippen molar-refractivity contribution in [3.8, 4) is 0 Å². The molecule has 3 N–H and O–H groups in total. The lowest BCUT2D eigenvalue weighted by Gasteiger charge is -2.36. The van der Waals surface area contributed by atoms with Gasteiger partial charge in [0, 0.05) is 83.3 Å². The first kappa shape index (κ1) is 37.0. The molecule has 48 heavy (non-hydrogen) atoms. The van der Waals surface area contributed by atoms with Gasteiger partial charge in [0.1, 0.15) is 11.6 Å². The van der Waals surface area contributed by atoms with Crippen LogP contribution in [0.4, 0.5) is 4.79 Å². The second kappa shape index (κ2) is 17.1. The fourth-order valence-electron chi connectivity index (χ4n) is 7.25. The molecule has 4 fully saturated rings. The number of piperazine rings is 1. The molecule has 0 bridgehead atoms. The second-order valence-electron chi connectivity index (χ2n) is 14.7. The third kappa shape index (κ3) is 10.1. The maximum absolute atomic E-state index is 13.3. The molecule has 11 nitrogen and oxygen atoms in total. The highest BCUT2D eigenvalue weighted by Gasteiger charge is 2.74. The average molecular weight is 689 g/mol. The van der Waals surface area contributed by atoms with Gasteiger partial charge in [-0.3, -0.25) is 19.6 Å². The molecule has 12 heteroatoms. The quantitative estimate of drug-likeness (QED) is 0.214. The zero-order chi connectivity index (χ0) is 34.1. The van der Waals surface area contributed by atoms with E-state index in [4.69, 9.17) is 21.1 Å². The molecule has 5 rings (SSSR count). The molecular weight excluding hydrogens is 630 g/mol. The number of rotatable bonds is 13. The lowest BCUT2D eigenvalue weighted by molar-refractivity contribution is -0.511. The summed E-state index contributed by atoms with van der Waals surface area (Å²) >= 11 is 6.26. The van der Waals surface area contributed by atoms with Crippen molar-refractivity contribution in [1.29, 1.82) is 0 Å². The number of ether oxygens (including phenoxy) is 2. The van der Waals surface area contributed by atoms with Gasteiger partial charge < -0.3 is 25.0 Å². The number of piperidine rings is 2. The molecule has 0 radical (unpaired) electrons. The van der Waals surface area contributed by atoms with Gasteiger partial charge in [-0.2, -0.15) is 4.79 Å². The van der Waals surface area contributed by atoms with Gasteiger partial charge in [0.2, 0.25) is 11.4 Å². The van der Waals surface area contributed by atoms with Gasteiger partial charge in [-0.1, -0.05) is 30.7 Å². The van der Waals surface area contributed by atoms with Crippen LogP contribution in [0.5, 0.6) is 0 Å². The number of hydrogen-bond acceptors (Lipinski definition) is 8. The molecule has 4 saturated heterocycles. The average Bonchev–Trinajstić information content (AvgIpc) is 3.68. The first-order valence-corrected chi connectivity index (χ1v) is 18.6. The lowest BCUT2D eigenvalue weighted by atomic mass is 9.97. The first-order valence-electron chi connectivity index (χ1n) is 18.3. The van der Waals surface area contributed by atoms with E-state index < -0.39 is 5.60 Å². The van der Waals surface area contributed by atoms with E-state index in [1.54, 1.807) is 0 Å². The van der Waals surface area contributed by atoms with Gasteiger partial charge in [-0.15, -0.1) is 4.90 Å². The largest absolute Gasteiger partial charge is 0.508 e. The molecule has 4 aliphatic heterocycles. The van der Waals surface area contributed by atoms with Crippen LogP contribution in [0, 0.1) is 0 Å². The van der Waals surface area contributed by atoms with E-state index >= 15 is 0 Å². The standard InChI is InChI=1S/C36H58ClN7O4/c1-5-41(20-6-26-47-30-11-16-38-17-12-30)27-32(45)43-24-22-42(23-25-43)21-13-31(28-7-9-29(37)10-8-28)40-33-36(14-18-39-19-15-36)44(33)34(46)48-35(2,3)4/h7-10,30-31,38-39H,5-6,11-27H2,1-4H3/p+1/t31-,44?/m0/s1. The van der Waals surface area contributed by atoms with Crippen molar-refractivity contribution in [3.63, 3.8) is 0 Å². The molecule has 1 spiro atoms. The molecule has 0 unspecified atom stereocenters. The van der Waals surface area contributed by atoms with E-state index in [0.29, 0.717) is 17.7 Å². The molecule has 2 amide bonds. The van der Waals surface area contributed by atoms with Gasteiger partial charge in [0.05, 0.1) is 12.6 Å². The van der Waals surface area contributed by atoms with Crippen LogP contribution in [0.1, 0.15) is 77.8 Å². The van der Waals surface area contributed by atoms with Crippen LogP contribution in [0.3, 0.4) is 0 Å². The van der Waals surface area contributed by atoms with Crippen LogP contribution in [-0.4, -0.2) is 140 Å². The summed E-state index contributed by atoms with van der Waals surface area (Å²) in [7, 11) is 0. The van der Waals surface area contributed by atoms with Crippen LogP contribution in [-0.2, 0) is 14.3 Å². The Hall–Kier alpha value is -2.28. The van der Waals surface area contributed by atoms with Crippen LogP contribution in [0.15, 0.2) is 24.3 Å². The maximum atomic E-state index is 13.3. The summed E-state index contributed by atoms with van der Waals surface area (Å²) < 4.78 is 11.9. The SMILES string of the molecule is CCN(CCCOC1CCNCC1)CC(=O)N1CCN(CC[C@H]([NH+]=C2N(C(=O)OC(C)(C)C)C23CCNCC3)c2ccc(Cl)cc2)CC1. The molecule has 4 heterocycles. The summed E-state index contributed by atoms with van der Waals surface area (Å²) in [5.74, 6) is 1.18. The summed E-state index contributed by atoms with van der Waals surface area (Å²) in [5, 5.41) is 7.52. The van der Waals surface area contributed by atoms with Crippen molar-refractivity contribution < 1.29 is 24.1 Å². The first-order chi connectivity index (χ1) is 23.1. The van der Waals surface area contributed by atoms with Crippen molar-refractivity contribution in [2.24, 2.45) is 0 Å². The Labute approximate surface area is 292 Å². The van der Waals surface area contributed by atoms with Crippen LogP contribution < -0.4 is 15.6 Å². The molecule has 1 aromatic rings. The van der Waals surface area contributed by atoms with Gasteiger partial charge in [-0.25, -0.2) is 0 Å². The number of benzene rings is 1. The molecular formula is C36H59ClN7O4+. The smallest absolute Gasteiger partial charge is 0.425 e. The zero-order valence-electron chi connectivity index (χ0n) is 29.7. The Morgan fingerprint density at radius 1 is 1.04 bits per heavy atom. The van der Waals surface area contributed by atoms with Crippen LogP contribution >= 0.6 is 11.6 Å². The minimum atomic E-state index is -0.561. The lowest BCUT2D eigenvalue weighted by Crippen LogP contribution is -2.74. The predicted octanol–water partition coefficient (Wildman–Crippen LogP) is 2.25. The highest BCUT2D eigenvalue weighted by atomic mass is 35.5. The minimum absolute atomic E-state index is 0.00741. The number of hydrogen-bond donors (Lipinski definition) is 3. The minimum Gasteiger partial charge on any atom is -0.425 e. The zero-order valence-corrected chi connectivity index (χ0v) is 30.5. The van der Waals surface area contributed by atoms with E-state index in [9.17, 15) is 9.59 Å². The monoisotopic (exact) mass is 688 g/mol.